The number of para-hydroxylation sites is 2. The SMILES string of the molecule is C#Cc1ccc(C2NC(C(=O)OC)Cc3c2[nH]c2ccccc32)cc1.C#Cc1ccc(C2c3[nH]c4ccccc4c3CC(C(=O)OC)N2C(=O)CC)cc1. The first-order valence-electron chi connectivity index (χ1n) is 17.8. The number of aromatic amines is 2. The highest BCUT2D eigenvalue weighted by Crippen LogP contribution is 2.42. The Morgan fingerprint density at radius 2 is 1.22 bits per heavy atom. The highest BCUT2D eigenvalue weighted by molar-refractivity contribution is 5.91. The number of carbonyl (C=O) groups is 3. The van der Waals surface area contributed by atoms with Crippen LogP contribution in [0.2, 0.25) is 0 Å². The van der Waals surface area contributed by atoms with Gasteiger partial charge in [-0.05, 0) is 58.7 Å². The molecule has 4 aromatic carbocycles. The average molecular weight is 717 g/mol. The van der Waals surface area contributed by atoms with Crippen LogP contribution in [0, 0.1) is 24.7 Å². The average Bonchev–Trinajstić information content (AvgIpc) is 3.80. The number of benzene rings is 4. The van der Waals surface area contributed by atoms with Gasteiger partial charge in [0.15, 0.2) is 0 Å². The summed E-state index contributed by atoms with van der Waals surface area (Å²) in [5, 5.41) is 5.63. The predicted molar refractivity (Wildman–Crippen MR) is 208 cm³/mol. The van der Waals surface area contributed by atoms with Crippen LogP contribution in [-0.4, -0.2) is 59.0 Å². The molecular weight excluding hydrogens is 677 g/mol. The maximum Gasteiger partial charge on any atom is 0.328 e. The van der Waals surface area contributed by atoms with Crippen LogP contribution in [0.4, 0.5) is 0 Å². The third-order valence-electron chi connectivity index (χ3n) is 10.4. The van der Waals surface area contributed by atoms with Gasteiger partial charge in [0.05, 0.1) is 26.3 Å². The maximum atomic E-state index is 13.0. The number of hydrogen-bond acceptors (Lipinski definition) is 6. The molecule has 4 unspecified atom stereocenters. The lowest BCUT2D eigenvalue weighted by atomic mass is 9.87. The number of amides is 1. The summed E-state index contributed by atoms with van der Waals surface area (Å²) in [6.07, 6.45) is 12.3. The Morgan fingerprint density at radius 3 is 1.76 bits per heavy atom. The fourth-order valence-corrected chi connectivity index (χ4v) is 7.77. The minimum absolute atomic E-state index is 0.101. The fraction of sp³-hybridized carbons (Fsp3) is 0.222. The summed E-state index contributed by atoms with van der Waals surface area (Å²) in [6, 6.07) is 29.9. The van der Waals surface area contributed by atoms with Gasteiger partial charge in [-0.25, -0.2) is 4.79 Å². The molecule has 8 rings (SSSR count). The van der Waals surface area contributed by atoms with E-state index in [-0.39, 0.29) is 24.0 Å². The molecule has 54 heavy (non-hydrogen) atoms. The summed E-state index contributed by atoms with van der Waals surface area (Å²) >= 11 is 0. The molecule has 0 aliphatic carbocycles. The molecule has 0 spiro atoms. The van der Waals surface area contributed by atoms with Gasteiger partial charge in [0.2, 0.25) is 5.91 Å². The van der Waals surface area contributed by atoms with E-state index in [4.69, 9.17) is 22.3 Å². The number of carbonyl (C=O) groups excluding carboxylic acids is 3. The summed E-state index contributed by atoms with van der Waals surface area (Å²) < 4.78 is 10.0. The Kier molecular flexibility index (Phi) is 10.1. The molecule has 0 radical (unpaired) electrons. The first-order chi connectivity index (χ1) is 26.3. The molecule has 0 saturated heterocycles. The highest BCUT2D eigenvalue weighted by Gasteiger charge is 2.43. The Morgan fingerprint density at radius 1 is 0.704 bits per heavy atom. The topological polar surface area (TPSA) is 117 Å². The zero-order chi connectivity index (χ0) is 37.9. The first-order valence-corrected chi connectivity index (χ1v) is 17.8. The van der Waals surface area contributed by atoms with Crippen LogP contribution < -0.4 is 5.32 Å². The van der Waals surface area contributed by atoms with Crippen molar-refractivity contribution >= 4 is 39.7 Å². The van der Waals surface area contributed by atoms with Crippen molar-refractivity contribution in [2.24, 2.45) is 0 Å². The van der Waals surface area contributed by atoms with Crippen molar-refractivity contribution in [1.29, 1.82) is 0 Å². The van der Waals surface area contributed by atoms with Crippen molar-refractivity contribution in [3.8, 4) is 24.7 Å². The predicted octanol–water partition coefficient (Wildman–Crippen LogP) is 6.50. The van der Waals surface area contributed by atoms with Crippen molar-refractivity contribution in [2.75, 3.05) is 14.2 Å². The number of methoxy groups -OCH3 is 2. The molecular formula is C45H40N4O5. The van der Waals surface area contributed by atoms with Crippen LogP contribution in [0.5, 0.6) is 0 Å². The lowest BCUT2D eigenvalue weighted by Crippen LogP contribution is -2.51. The summed E-state index contributed by atoms with van der Waals surface area (Å²) in [7, 11) is 2.78. The van der Waals surface area contributed by atoms with Gasteiger partial charge in [0.1, 0.15) is 12.1 Å². The molecule has 1 amide bonds. The number of aromatic nitrogens is 2. The number of nitrogens with zero attached hydrogens (tertiary/aromatic N) is 1. The Labute approximate surface area is 314 Å². The van der Waals surface area contributed by atoms with Gasteiger partial charge in [-0.2, -0.15) is 0 Å². The molecule has 270 valence electrons. The van der Waals surface area contributed by atoms with Crippen molar-refractivity contribution in [2.45, 2.75) is 50.4 Å². The van der Waals surface area contributed by atoms with Crippen LogP contribution in [0.25, 0.3) is 21.8 Å². The standard InChI is InChI=1S/C24H22N2O3.C21H18N2O2/c1-4-15-10-12-16(13-11-15)23-22-18(17-8-6-7-9-19(17)25-22)14-20(24(28)29-3)26(23)21(27)5-2;1-3-13-8-10-14(11-9-13)19-20-16(12-18(23-19)21(24)25-2)15-6-4-5-7-17(15)22-20/h1,6-13,20,23,25H,5,14H2,2-3H3;1,4-11,18-19,22-23H,12H2,2H3. The van der Waals surface area contributed by atoms with Gasteiger partial charge in [0, 0.05) is 63.6 Å². The summed E-state index contributed by atoms with van der Waals surface area (Å²) in [5.41, 5.74) is 9.84. The third kappa shape index (κ3) is 6.51. The lowest BCUT2D eigenvalue weighted by molar-refractivity contribution is -0.155. The molecule has 9 nitrogen and oxygen atoms in total. The molecule has 0 fully saturated rings. The number of ether oxygens (including phenoxy) is 2. The van der Waals surface area contributed by atoms with Crippen LogP contribution in [0.1, 0.15) is 70.2 Å². The van der Waals surface area contributed by atoms with Gasteiger partial charge in [-0.3, -0.25) is 14.9 Å². The Bertz CT molecular complexity index is 2440. The van der Waals surface area contributed by atoms with Crippen molar-refractivity contribution in [1.82, 2.24) is 20.2 Å². The van der Waals surface area contributed by atoms with Crippen molar-refractivity contribution in [3.63, 3.8) is 0 Å². The largest absolute Gasteiger partial charge is 0.468 e. The van der Waals surface area contributed by atoms with E-state index in [0.29, 0.717) is 19.3 Å². The number of esters is 2. The number of hydrogen-bond donors (Lipinski definition) is 3. The quantitative estimate of drug-likeness (QED) is 0.139. The van der Waals surface area contributed by atoms with E-state index in [0.717, 1.165) is 66.6 Å². The first kappa shape index (κ1) is 35.8. The molecule has 2 aliphatic heterocycles. The second-order valence-corrected chi connectivity index (χ2v) is 13.3. The molecule has 3 N–H and O–H groups in total. The lowest BCUT2D eigenvalue weighted by Gasteiger charge is -2.41. The van der Waals surface area contributed by atoms with Crippen molar-refractivity contribution in [3.05, 3.63) is 142 Å². The summed E-state index contributed by atoms with van der Waals surface area (Å²) in [4.78, 5) is 46.6. The second kappa shape index (κ2) is 15.2. The number of nitrogens with one attached hydrogen (secondary N) is 3. The number of terminal acetylenes is 2. The van der Waals surface area contributed by atoms with Gasteiger partial charge in [-0.15, -0.1) is 12.8 Å². The smallest absolute Gasteiger partial charge is 0.328 e. The Balaban J connectivity index is 0.000000168. The van der Waals surface area contributed by atoms with Crippen molar-refractivity contribution < 1.29 is 23.9 Å². The monoisotopic (exact) mass is 716 g/mol. The molecule has 6 aromatic rings. The molecule has 2 aliphatic rings. The minimum Gasteiger partial charge on any atom is -0.468 e. The zero-order valence-electron chi connectivity index (χ0n) is 30.3. The van der Waals surface area contributed by atoms with E-state index >= 15 is 0 Å². The van der Waals surface area contributed by atoms with Gasteiger partial charge in [-0.1, -0.05) is 79.4 Å². The fourth-order valence-electron chi connectivity index (χ4n) is 7.77. The molecule has 0 saturated carbocycles. The molecule has 4 atom stereocenters. The zero-order valence-corrected chi connectivity index (χ0v) is 30.3. The summed E-state index contributed by atoms with van der Waals surface area (Å²) in [5.74, 6) is 4.49. The van der Waals surface area contributed by atoms with Gasteiger partial charge < -0.3 is 24.3 Å². The number of fused-ring (bicyclic) bond motifs is 6. The van der Waals surface area contributed by atoms with Crippen LogP contribution >= 0.6 is 0 Å². The number of rotatable bonds is 5. The second-order valence-electron chi connectivity index (χ2n) is 13.3. The number of H-pyrrole nitrogens is 2. The van der Waals surface area contributed by atoms with Crippen LogP contribution in [-0.2, 0) is 36.7 Å². The minimum atomic E-state index is -0.684. The van der Waals surface area contributed by atoms with E-state index < -0.39 is 18.1 Å². The van der Waals surface area contributed by atoms with E-state index in [2.05, 4.69) is 39.3 Å². The van der Waals surface area contributed by atoms with Gasteiger partial charge >= 0.3 is 11.9 Å². The Hall–Kier alpha value is -6.55. The maximum absolute atomic E-state index is 13.0. The molecule has 9 heteroatoms. The normalized spacial score (nSPS) is 18.6. The van der Waals surface area contributed by atoms with Crippen LogP contribution in [0.3, 0.4) is 0 Å². The highest BCUT2D eigenvalue weighted by atomic mass is 16.5. The van der Waals surface area contributed by atoms with Crippen LogP contribution in [0.15, 0.2) is 97.1 Å². The molecule has 2 aromatic heterocycles. The van der Waals surface area contributed by atoms with E-state index in [1.54, 1.807) is 11.8 Å². The van der Waals surface area contributed by atoms with E-state index in [1.165, 1.54) is 14.2 Å². The third-order valence-corrected chi connectivity index (χ3v) is 10.4. The summed E-state index contributed by atoms with van der Waals surface area (Å²) in [6.45, 7) is 1.80. The molecule has 0 bridgehead atoms. The molecule has 4 heterocycles. The van der Waals surface area contributed by atoms with Gasteiger partial charge in [0.25, 0.3) is 0 Å². The van der Waals surface area contributed by atoms with E-state index in [1.807, 2.05) is 84.9 Å². The van der Waals surface area contributed by atoms with E-state index in [9.17, 15) is 14.4 Å².